The number of carbonyl (C=O) groups is 2. The summed E-state index contributed by atoms with van der Waals surface area (Å²) in [6.45, 7) is 0. The number of carboxylic acid groups (broad SMARTS) is 2. The number of anilines is 1. The number of aromatic hydroxyl groups is 3. The molecule has 430 valence electrons. The van der Waals surface area contributed by atoms with Crippen LogP contribution in [0.2, 0.25) is 0 Å². The van der Waals surface area contributed by atoms with Gasteiger partial charge < -0.3 is 31.3 Å². The van der Waals surface area contributed by atoms with Crippen LogP contribution in [0.4, 0.5) is 51.2 Å². The van der Waals surface area contributed by atoms with Crippen LogP contribution in [0.15, 0.2) is 181 Å². The third kappa shape index (κ3) is 11.5. The molecule has 0 amide bonds. The van der Waals surface area contributed by atoms with Crippen LogP contribution < -0.4 is 5.73 Å². The molecule has 0 heterocycles. The average Bonchev–Trinajstić information content (AvgIpc) is 1.04. The first-order valence-corrected chi connectivity index (χ1v) is 29.7. The first kappa shape index (κ1) is 58.8. The molecule has 0 saturated heterocycles. The van der Waals surface area contributed by atoms with Crippen LogP contribution >= 0.6 is 0 Å². The number of rotatable bonds is 15. The first-order chi connectivity index (χ1) is 39.1. The number of nitrogen functional groups attached to an aromatic ring is 1. The Morgan fingerprint density at radius 2 is 0.821 bits per heavy atom. The van der Waals surface area contributed by atoms with E-state index in [0.29, 0.717) is 12.1 Å². The van der Waals surface area contributed by atoms with Gasteiger partial charge in [-0.15, -0.1) is 25.6 Å². The van der Waals surface area contributed by atoms with E-state index in [1.807, 2.05) is 0 Å². The summed E-state index contributed by atoms with van der Waals surface area (Å²) in [6, 6.07) is 19.5. The Bertz CT molecular complexity index is 5140. The highest BCUT2D eigenvalue weighted by molar-refractivity contribution is 7.87. The zero-order chi connectivity index (χ0) is 61.3. The van der Waals surface area contributed by atoms with E-state index in [4.69, 9.17) is 5.73 Å². The molecule has 0 aliphatic heterocycles. The second-order valence-corrected chi connectivity index (χ2v) is 24.4. The van der Waals surface area contributed by atoms with E-state index in [-0.39, 0.29) is 49.4 Å². The van der Waals surface area contributed by atoms with E-state index in [2.05, 4.69) is 40.9 Å². The molecular weight excluding hydrogens is 1210 g/mol. The van der Waals surface area contributed by atoms with Gasteiger partial charge in [0.25, 0.3) is 50.6 Å². The summed E-state index contributed by atoms with van der Waals surface area (Å²) in [6.07, 6.45) is 0. The van der Waals surface area contributed by atoms with Crippen molar-refractivity contribution in [3.05, 3.63) is 126 Å². The lowest BCUT2D eigenvalue weighted by molar-refractivity contribution is 0.0696. The number of nitrogens with two attached hydrogens (primary N) is 1. The van der Waals surface area contributed by atoms with Gasteiger partial charge in [0.15, 0.2) is 17.2 Å². The van der Waals surface area contributed by atoms with Crippen LogP contribution in [-0.2, 0) is 50.6 Å². The largest absolute Gasteiger partial charge is 0.505 e. The smallest absolute Gasteiger partial charge is 0.335 e. The minimum Gasteiger partial charge on any atom is -0.505 e. The molecule has 9 rings (SSSR count). The standard InChI is InChI=1S/C48H31N9O22S5/c49-40-33(54-50-25-6-5-20-15-36(82(71,72)73)42(45(59)30(20)17-25)57-53-32-9-10-34(80(65,66)67)29-4-2-1-3-28(29)32)19-35(81(68,69)70)31-18-38(84(77,78)79)43(46(60)39(31)40)56-51-24-7-8-27-21(12-24)16-37(83(74,75)76)41(44(27)58)55-52-26-13-22(47(61)62)11-23(14-26)48(63)64/h1-19,58-60H,49H2,(H,61,62)(H,63,64)(H,65,66,67)(H,68,69,70)(H,71,72,73)(H,74,75,76)(H,77,78,79)/b54-50-,55-52-,56-51?,57-53-. The molecule has 0 saturated carbocycles. The summed E-state index contributed by atoms with van der Waals surface area (Å²) >= 11 is 0. The Balaban J connectivity index is 1.12. The van der Waals surface area contributed by atoms with Crippen molar-refractivity contribution in [2.75, 3.05) is 5.73 Å². The van der Waals surface area contributed by atoms with Crippen LogP contribution in [0.25, 0.3) is 43.1 Å². The summed E-state index contributed by atoms with van der Waals surface area (Å²) in [5.74, 6) is -6.36. The van der Waals surface area contributed by atoms with Gasteiger partial charge in [-0.2, -0.15) is 57.4 Å². The maximum Gasteiger partial charge on any atom is 0.335 e. The highest BCUT2D eigenvalue weighted by Crippen LogP contribution is 2.50. The number of carboxylic acids is 2. The van der Waals surface area contributed by atoms with Crippen molar-refractivity contribution in [2.24, 2.45) is 40.9 Å². The van der Waals surface area contributed by atoms with E-state index in [9.17, 15) is 100.0 Å². The second kappa shape index (κ2) is 21.1. The Kier molecular flexibility index (Phi) is 14.8. The Morgan fingerprint density at radius 1 is 0.357 bits per heavy atom. The van der Waals surface area contributed by atoms with Crippen molar-refractivity contribution in [2.45, 2.75) is 24.5 Å². The van der Waals surface area contributed by atoms with Crippen molar-refractivity contribution in [3.8, 4) is 17.2 Å². The molecule has 9 aromatic rings. The molecule has 0 atom stereocenters. The summed E-state index contributed by atoms with van der Waals surface area (Å²) in [5.41, 5.74) is -0.123. The van der Waals surface area contributed by atoms with Gasteiger partial charge in [0.1, 0.15) is 47.2 Å². The number of azo groups is 4. The minimum atomic E-state index is -5.54. The van der Waals surface area contributed by atoms with Gasteiger partial charge in [-0.1, -0.05) is 30.3 Å². The summed E-state index contributed by atoms with van der Waals surface area (Å²) in [7, 11) is -26.2. The number of hydrogen-bond donors (Lipinski definition) is 11. The lowest BCUT2D eigenvalue weighted by Crippen LogP contribution is -2.04. The van der Waals surface area contributed by atoms with Crippen molar-refractivity contribution in [1.29, 1.82) is 0 Å². The highest BCUT2D eigenvalue weighted by Gasteiger charge is 2.30. The quantitative estimate of drug-likeness (QED) is 0.0258. The zero-order valence-electron chi connectivity index (χ0n) is 41.0. The predicted molar refractivity (Wildman–Crippen MR) is 291 cm³/mol. The molecule has 0 spiro atoms. The maximum atomic E-state index is 12.9. The van der Waals surface area contributed by atoms with Gasteiger partial charge in [0.2, 0.25) is 0 Å². The van der Waals surface area contributed by atoms with Crippen LogP contribution in [-0.4, -0.2) is 102 Å². The summed E-state index contributed by atoms with van der Waals surface area (Å²) in [4.78, 5) is 18.1. The molecule has 0 bridgehead atoms. The number of fused-ring (bicyclic) bond motifs is 4. The van der Waals surface area contributed by atoms with Crippen LogP contribution in [0.3, 0.4) is 0 Å². The van der Waals surface area contributed by atoms with Crippen molar-refractivity contribution < 1.29 is 100.0 Å². The second-order valence-electron chi connectivity index (χ2n) is 17.4. The van der Waals surface area contributed by atoms with E-state index in [0.717, 1.165) is 66.7 Å². The topological polar surface area (TPSA) is 532 Å². The van der Waals surface area contributed by atoms with Crippen molar-refractivity contribution in [1.82, 2.24) is 0 Å². The Labute approximate surface area is 469 Å². The monoisotopic (exact) mass is 1250 g/mol. The Hall–Kier alpha value is -9.89. The van der Waals surface area contributed by atoms with Gasteiger partial charge in [0, 0.05) is 26.9 Å². The highest BCUT2D eigenvalue weighted by atomic mass is 32.2. The molecule has 0 aliphatic carbocycles. The minimum absolute atomic E-state index is 0.0121. The molecule has 31 nitrogen and oxygen atoms in total. The fourth-order valence-corrected chi connectivity index (χ4v) is 11.8. The lowest BCUT2D eigenvalue weighted by Gasteiger charge is -2.14. The van der Waals surface area contributed by atoms with Gasteiger partial charge in [0.05, 0.1) is 45.0 Å². The Morgan fingerprint density at radius 3 is 1.39 bits per heavy atom. The average molecular weight is 1250 g/mol. The molecule has 0 aromatic heterocycles. The number of hydrogen-bond acceptors (Lipinski definition) is 24. The van der Waals surface area contributed by atoms with Crippen LogP contribution in [0, 0.1) is 0 Å². The van der Waals surface area contributed by atoms with Gasteiger partial charge in [-0.3, -0.25) is 22.8 Å². The van der Waals surface area contributed by atoms with E-state index in [1.54, 1.807) is 0 Å². The molecule has 0 fully saturated rings. The molecular formula is C48H31N9O22S5. The number of benzene rings is 9. The molecule has 12 N–H and O–H groups in total. The molecule has 36 heteroatoms. The SMILES string of the molecule is Nc1c(/N=N\c2ccc3cc(S(=O)(=O)O)c(/N=N\c4ccc(S(=O)(=O)O)c5ccccc45)c(O)c3c2)cc(S(=O)(=O)O)c2cc(S(=O)(=O)O)c(N=Nc3ccc4c(O)c(/N=N\c5cc(C(=O)O)cc(C(=O)O)c5)c(S(=O)(=O)O)cc4c3)c(O)c12. The fraction of sp³-hybridized carbons (Fsp3) is 0. The summed E-state index contributed by atoms with van der Waals surface area (Å²) < 4.78 is 177. The van der Waals surface area contributed by atoms with Crippen LogP contribution in [0.1, 0.15) is 20.7 Å². The number of aromatic carboxylic acids is 2. The first-order valence-electron chi connectivity index (χ1n) is 22.5. The molecule has 0 radical (unpaired) electrons. The third-order valence-electron chi connectivity index (χ3n) is 12.1. The molecule has 9 aromatic carbocycles. The molecule has 84 heavy (non-hydrogen) atoms. The third-order valence-corrected chi connectivity index (χ3v) is 16.5. The number of nitrogens with zero attached hydrogens (tertiary/aromatic N) is 8. The lowest BCUT2D eigenvalue weighted by atomic mass is 10.0. The normalized spacial score (nSPS) is 13.0. The summed E-state index contributed by atoms with van der Waals surface area (Å²) in [5, 5.41) is 81.5. The van der Waals surface area contributed by atoms with E-state index in [1.165, 1.54) is 36.4 Å². The molecule has 0 unspecified atom stereocenters. The van der Waals surface area contributed by atoms with Gasteiger partial charge in [-0.25, -0.2) is 9.59 Å². The number of phenolic OH excluding ortho intramolecular Hbond substituents is 3. The van der Waals surface area contributed by atoms with Crippen molar-refractivity contribution in [3.63, 3.8) is 0 Å². The predicted octanol–water partition coefficient (Wildman–Crippen LogP) is 10.3. The fourth-order valence-electron chi connectivity index (χ4n) is 8.39. The van der Waals surface area contributed by atoms with Crippen molar-refractivity contribution >= 4 is 157 Å². The number of phenols is 3. The molecule has 0 aliphatic rings. The van der Waals surface area contributed by atoms with E-state index < -0.39 is 160 Å². The zero-order valence-corrected chi connectivity index (χ0v) is 45.1. The van der Waals surface area contributed by atoms with Gasteiger partial charge in [-0.05, 0) is 95.7 Å². The van der Waals surface area contributed by atoms with E-state index >= 15 is 0 Å². The maximum absolute atomic E-state index is 12.9. The van der Waals surface area contributed by atoms with Crippen LogP contribution in [0.5, 0.6) is 17.2 Å². The van der Waals surface area contributed by atoms with Gasteiger partial charge >= 0.3 is 11.9 Å².